The molecule has 0 aromatic rings. The molecule has 4 saturated heterocycles. The first-order chi connectivity index (χ1) is 59.4. The maximum absolute atomic E-state index is 14.7. The number of ether oxygens (including phenoxy) is 9. The second-order valence-corrected chi connectivity index (χ2v) is 36.7. The fraction of sp³-hybridized carbons (Fsp3) is 0.929. The lowest BCUT2D eigenvalue weighted by molar-refractivity contribution is -0.371. The van der Waals surface area contributed by atoms with Crippen LogP contribution in [0.3, 0.4) is 0 Å². The standard InChI is InChI=1S/C84H154N2O37P2/c1-5-9-13-17-21-25-29-33-37-41-55(89)45-65(96)85-69-77(117-67(98)47-57(91)43-39-35-31-27-23-19-15-11-7-3)73(102)63(115-80(69)123-125(110,111)112)53-113-79-70(86-66(97)46-56(90)42-38-34-30-26-22-18-14-10-6-2)78(118-68(99)48-58(92)44-40-36-32-28-24-20-16-12-8-4)76(122-124(107,108)109)64(116-79)54-114-83(81(103)104)49-59(93)72(101)75(121-83)62(52-88)119-84(82(105)106)50-60(94)71(100)74(120-84)61(95)51-87/h55-64,69-80,87-95,100-102H,5-54H2,1-4H3,(H,85,96)(H,86,97)(H,103,104)(H,105,106)(H2,107,108,109)(H2,110,111,112)/t55-,56-,57+,58-,59+,60+,61+,62+,63+,64+,69+,70+,71+,72+,73+,74+,75+,76+,77+,78+,79+,80+,83+,84+/m0/s1. The lowest BCUT2D eigenvalue weighted by Gasteiger charge is -2.49. The Hall–Kier alpha value is -3.72. The number of unbranched alkanes of at least 4 members (excludes halogenated alkanes) is 32. The molecule has 4 rings (SSSR count). The fourth-order valence-electron chi connectivity index (χ4n) is 16.2. The van der Waals surface area contributed by atoms with Gasteiger partial charge in [0.1, 0.15) is 73.1 Å². The first kappa shape index (κ1) is 114. The summed E-state index contributed by atoms with van der Waals surface area (Å²) >= 11 is 0. The number of carboxylic acid groups (broad SMARTS) is 2. The molecule has 0 aliphatic carbocycles. The van der Waals surface area contributed by atoms with Crippen molar-refractivity contribution < 1.29 is 181 Å². The number of phosphoric acid groups is 2. The summed E-state index contributed by atoms with van der Waals surface area (Å²) in [7, 11) is -11.9. The molecule has 4 heterocycles. The van der Waals surface area contributed by atoms with Crippen molar-refractivity contribution in [1.29, 1.82) is 0 Å². The summed E-state index contributed by atoms with van der Waals surface area (Å²) in [6.45, 7) is 2.98. The van der Waals surface area contributed by atoms with E-state index < -0.39 is 262 Å². The van der Waals surface area contributed by atoms with Crippen LogP contribution in [0.15, 0.2) is 0 Å². The first-order valence-corrected chi connectivity index (χ1v) is 49.0. The maximum atomic E-state index is 14.7. The highest BCUT2D eigenvalue weighted by molar-refractivity contribution is 7.46. The van der Waals surface area contributed by atoms with Crippen molar-refractivity contribution in [2.45, 2.75) is 469 Å². The van der Waals surface area contributed by atoms with Gasteiger partial charge in [0.05, 0.1) is 88.7 Å². The van der Waals surface area contributed by atoms with Crippen LogP contribution < -0.4 is 10.6 Å². The molecule has 20 N–H and O–H groups in total. The van der Waals surface area contributed by atoms with Gasteiger partial charge in [-0.2, -0.15) is 0 Å². The summed E-state index contributed by atoms with van der Waals surface area (Å²) in [5.74, 6) is -15.8. The Bertz CT molecular complexity index is 3090. The van der Waals surface area contributed by atoms with Gasteiger partial charge in [0, 0.05) is 12.8 Å². The SMILES string of the molecule is CCCCCCCCCCC[C@@H](O)CC(=O)O[C@H]1[C@H](O)[C@@H](CO[C@@H]2O[C@H](CO[C@]3(C(=O)O)C[C@@H](O)[C@@H](O)[C@@H]([C@@H](CO)O[C@]4(C(=O)O)C[C@@H](O)[C@@H](O)[C@@H]([C@H](O)CO)O4)O3)[C@@H](OP(=O)(O)O)[C@H](OC(=O)C[C@@H](O)CCCCCCCCCCC)[C@H]2NC(=O)C[C@@H](O)CCCCCCCCCCC)O[C@H](OP(=O)(O)O)[C@@H]1NC(=O)C[C@@H](O)CCCCCCCCCCC. The van der Waals surface area contributed by atoms with Gasteiger partial charge in [0.25, 0.3) is 11.6 Å². The number of carbonyl (C=O) groups is 6. The number of carbonyl (C=O) groups excluding carboxylic acids is 4. The minimum Gasteiger partial charge on any atom is -0.477 e. The largest absolute Gasteiger partial charge is 0.477 e. The minimum absolute atomic E-state index is 0.00264. The van der Waals surface area contributed by atoms with E-state index in [1.165, 1.54) is 0 Å². The summed E-state index contributed by atoms with van der Waals surface area (Å²) in [4.78, 5) is 127. The predicted octanol–water partition coefficient (Wildman–Crippen LogP) is 6.21. The van der Waals surface area contributed by atoms with Gasteiger partial charge >= 0.3 is 39.5 Å². The highest BCUT2D eigenvalue weighted by Crippen LogP contribution is 2.46. The normalized spacial score (nSPS) is 28.3. The Morgan fingerprint density at radius 1 is 0.408 bits per heavy atom. The van der Waals surface area contributed by atoms with Gasteiger partial charge in [0.15, 0.2) is 24.8 Å². The minimum atomic E-state index is -6.07. The molecule has 732 valence electrons. The third kappa shape index (κ3) is 42.8. The number of carboxylic acids is 2. The van der Waals surface area contributed by atoms with Crippen LogP contribution in [-0.4, -0.2) is 299 Å². The number of rotatable bonds is 70. The molecule has 4 aliphatic heterocycles. The van der Waals surface area contributed by atoms with Crippen molar-refractivity contribution in [3.63, 3.8) is 0 Å². The number of hydrogen-bond acceptors (Lipinski definition) is 31. The number of hydrogen-bond donors (Lipinski definition) is 20. The Kier molecular flexibility index (Phi) is 55.6. The second kappa shape index (κ2) is 61.2. The van der Waals surface area contributed by atoms with Gasteiger partial charge in [-0.1, -0.05) is 259 Å². The van der Waals surface area contributed by atoms with Gasteiger partial charge < -0.3 is 144 Å². The van der Waals surface area contributed by atoms with Gasteiger partial charge in [-0.25, -0.2) is 18.7 Å². The van der Waals surface area contributed by atoms with E-state index >= 15 is 0 Å². The second-order valence-electron chi connectivity index (χ2n) is 34.3. The summed E-state index contributed by atoms with van der Waals surface area (Å²) < 4.78 is 90.6. The highest BCUT2D eigenvalue weighted by Gasteiger charge is 2.62. The van der Waals surface area contributed by atoms with Gasteiger partial charge in [-0.05, 0) is 25.7 Å². The molecular formula is C84H154N2O37P2. The smallest absolute Gasteiger partial charge is 0.472 e. The van der Waals surface area contributed by atoms with E-state index in [0.717, 1.165) is 186 Å². The monoisotopic (exact) mass is 1840 g/mol. The Morgan fingerprint density at radius 2 is 0.752 bits per heavy atom. The quantitative estimate of drug-likeness (QED) is 0.0183. The fourth-order valence-corrected chi connectivity index (χ4v) is 17.3. The van der Waals surface area contributed by atoms with E-state index in [0.29, 0.717) is 44.9 Å². The number of esters is 2. The molecule has 4 aliphatic rings. The highest BCUT2D eigenvalue weighted by atomic mass is 31.2. The summed E-state index contributed by atoms with van der Waals surface area (Å²) in [5, 5.41) is 160. The van der Waals surface area contributed by atoms with E-state index in [9.17, 15) is 129 Å². The van der Waals surface area contributed by atoms with Crippen LogP contribution in [0, 0.1) is 0 Å². The van der Waals surface area contributed by atoms with Crippen molar-refractivity contribution in [3.05, 3.63) is 0 Å². The number of amides is 2. The molecule has 41 heteroatoms. The van der Waals surface area contributed by atoms with Gasteiger partial charge in [-0.3, -0.25) is 28.2 Å². The van der Waals surface area contributed by atoms with Crippen LogP contribution in [-0.2, 0) is 89.6 Å². The van der Waals surface area contributed by atoms with Crippen LogP contribution in [0.5, 0.6) is 0 Å². The molecular weight excluding hydrogens is 1690 g/mol. The first-order valence-electron chi connectivity index (χ1n) is 46.0. The molecule has 0 unspecified atom stereocenters. The molecule has 39 nitrogen and oxygen atoms in total. The topological polar surface area (TPSA) is 626 Å². The van der Waals surface area contributed by atoms with E-state index in [1.807, 2.05) is 0 Å². The molecule has 0 aromatic carbocycles. The van der Waals surface area contributed by atoms with Crippen molar-refractivity contribution in [3.8, 4) is 0 Å². The number of nitrogens with one attached hydrogen (secondary N) is 2. The Labute approximate surface area is 735 Å². The molecule has 24 atom stereocenters. The summed E-state index contributed by atoms with van der Waals surface area (Å²) in [6.07, 6.45) is -15.3. The third-order valence-corrected chi connectivity index (χ3v) is 24.3. The van der Waals surface area contributed by atoms with Crippen molar-refractivity contribution in [2.24, 2.45) is 0 Å². The van der Waals surface area contributed by atoms with Crippen molar-refractivity contribution >= 4 is 51.3 Å². The van der Waals surface area contributed by atoms with Crippen molar-refractivity contribution in [1.82, 2.24) is 10.6 Å². The number of phosphoric ester groups is 2. The average molecular weight is 1850 g/mol. The molecule has 0 saturated carbocycles. The van der Waals surface area contributed by atoms with Gasteiger partial charge in [0.2, 0.25) is 11.8 Å². The maximum Gasteiger partial charge on any atom is 0.472 e. The Morgan fingerprint density at radius 3 is 1.13 bits per heavy atom. The van der Waals surface area contributed by atoms with E-state index in [1.54, 1.807) is 0 Å². The molecule has 4 fully saturated rings. The molecule has 0 spiro atoms. The molecule has 0 aromatic heterocycles. The van der Waals surface area contributed by atoms with Crippen LogP contribution in [0.2, 0.25) is 0 Å². The van der Waals surface area contributed by atoms with Crippen molar-refractivity contribution in [2.75, 3.05) is 26.4 Å². The zero-order valence-electron chi connectivity index (χ0n) is 73.8. The summed E-state index contributed by atoms with van der Waals surface area (Å²) in [5.41, 5.74) is 0. The molecule has 0 radical (unpaired) electrons. The lowest BCUT2D eigenvalue weighted by Crippen LogP contribution is -2.69. The number of aliphatic hydroxyl groups excluding tert-OH is 12. The lowest BCUT2D eigenvalue weighted by atomic mass is 9.90. The average Bonchev–Trinajstić information content (AvgIpc) is 0.761. The van der Waals surface area contributed by atoms with Crippen LogP contribution >= 0.6 is 15.6 Å². The third-order valence-electron chi connectivity index (χ3n) is 23.3. The van der Waals surface area contributed by atoms with Gasteiger partial charge in [-0.15, -0.1) is 0 Å². The predicted molar refractivity (Wildman–Crippen MR) is 448 cm³/mol. The zero-order valence-corrected chi connectivity index (χ0v) is 75.5. The molecule has 2 amide bonds. The van der Waals surface area contributed by atoms with Crippen LogP contribution in [0.4, 0.5) is 0 Å². The van der Waals surface area contributed by atoms with E-state index in [4.69, 9.17) is 51.7 Å². The summed E-state index contributed by atoms with van der Waals surface area (Å²) in [6, 6.07) is -4.32. The Balaban J connectivity index is 1.91. The van der Waals surface area contributed by atoms with Crippen LogP contribution in [0.1, 0.15) is 323 Å². The van der Waals surface area contributed by atoms with Crippen LogP contribution in [0.25, 0.3) is 0 Å². The van der Waals surface area contributed by atoms with E-state index in [2.05, 4.69) is 38.3 Å². The number of aliphatic hydroxyl groups is 12. The number of aliphatic carboxylic acids is 2. The molecule has 0 bridgehead atoms. The zero-order chi connectivity index (χ0) is 92.7. The molecule has 125 heavy (non-hydrogen) atoms. The van der Waals surface area contributed by atoms with E-state index in [-0.39, 0.29) is 25.7 Å².